The Kier molecular flexibility index (Phi) is 5.84. The Balaban J connectivity index is 1.75. The highest BCUT2D eigenvalue weighted by Gasteiger charge is 3.04. The molecule has 2 aromatic rings. The van der Waals surface area contributed by atoms with Gasteiger partial charge in [-0.3, -0.25) is 0 Å². The summed E-state index contributed by atoms with van der Waals surface area (Å²) in [5, 5.41) is 1.82. The molecule has 198 valence electrons. The number of aryl methyl sites for hydroxylation is 6. The second kappa shape index (κ2) is 7.99. The molecule has 2 aromatic carbocycles. The Morgan fingerprint density at radius 3 is 1.70 bits per heavy atom. The van der Waals surface area contributed by atoms with Crippen LogP contribution in [0.4, 0.5) is 0 Å². The first-order chi connectivity index (χ1) is 17.2. The van der Waals surface area contributed by atoms with Gasteiger partial charge in [0.05, 0.1) is 17.9 Å². The molecule has 0 amide bonds. The van der Waals surface area contributed by atoms with Gasteiger partial charge in [0.15, 0.2) is 0 Å². The summed E-state index contributed by atoms with van der Waals surface area (Å²) in [7, 11) is 0.289. The van der Waals surface area contributed by atoms with Crippen LogP contribution in [0.15, 0.2) is 24.3 Å². The molecule has 5 aliphatic heterocycles. The van der Waals surface area contributed by atoms with Crippen LogP contribution in [0.25, 0.3) is 0 Å². The van der Waals surface area contributed by atoms with Crippen molar-refractivity contribution >= 4 is 36.6 Å². The van der Waals surface area contributed by atoms with Crippen LogP contribution >= 0.6 is 31.6 Å². The lowest BCUT2D eigenvalue weighted by atomic mass is 9.81. The van der Waals surface area contributed by atoms with Gasteiger partial charge in [-0.2, -0.15) is 0 Å². The molecule has 0 radical (unpaired) electrons. The fourth-order valence-electron chi connectivity index (χ4n) is 8.19. The molecule has 37 heavy (non-hydrogen) atoms. The number of benzene rings is 2. The molecule has 0 aromatic heterocycles. The summed E-state index contributed by atoms with van der Waals surface area (Å²) < 4.78 is 7.83. The minimum absolute atomic E-state index is 0.0578. The summed E-state index contributed by atoms with van der Waals surface area (Å²) in [5.41, 5.74) is 12.6. The summed E-state index contributed by atoms with van der Waals surface area (Å²) >= 11 is 0. The van der Waals surface area contributed by atoms with Crippen LogP contribution in [0.3, 0.4) is 0 Å². The monoisotopic (exact) mass is 568 g/mol. The van der Waals surface area contributed by atoms with Gasteiger partial charge in [-0.1, -0.05) is 84.8 Å². The average molecular weight is 569 g/mol. The van der Waals surface area contributed by atoms with Crippen molar-refractivity contribution in [1.82, 2.24) is 0 Å². The van der Waals surface area contributed by atoms with Gasteiger partial charge in [0.25, 0.3) is 0 Å². The lowest BCUT2D eigenvalue weighted by Gasteiger charge is -2.41. The largest absolute Gasteiger partial charge is 0.336 e. The van der Waals surface area contributed by atoms with Gasteiger partial charge in [-0.25, -0.2) is 0 Å². The predicted octanol–water partition coefficient (Wildman–Crippen LogP) is 11.5. The van der Waals surface area contributed by atoms with E-state index in [1.54, 1.807) is 19.0 Å². The van der Waals surface area contributed by atoms with E-state index >= 15 is 0 Å². The van der Waals surface area contributed by atoms with Gasteiger partial charge in [0.1, 0.15) is 5.08 Å². The second-order valence-electron chi connectivity index (χ2n) is 13.4. The standard InChI is InChI=1S/C32H44OP4/c1-13-28(9,10)27-34-37-31(26-23(7)17-20(4)18-24(26)8)33-36-30(35(27)31,32(36,37)29(11,12)14-2)25-21(5)15-19(3)16-22(25)6/h15-18H,13-14H2,1-12H3. The van der Waals surface area contributed by atoms with Gasteiger partial charge >= 0.3 is 0 Å². The fourth-order valence-corrected chi connectivity index (χ4v) is 37.0. The minimum Gasteiger partial charge on any atom is -0.336 e. The van der Waals surface area contributed by atoms with E-state index in [4.69, 9.17) is 4.52 Å². The Hall–Kier alpha value is -0.140. The number of rotatable bonds is 6. The molecule has 0 aliphatic carbocycles. The molecule has 5 aliphatic rings. The van der Waals surface area contributed by atoms with E-state index in [2.05, 4.69) is 107 Å². The second-order valence-corrected chi connectivity index (χ2v) is 23.7. The SMILES string of the molecule is CCC(C)(C)C1=PP2C3(c4c(C)cc(C)cc4C)OP4C(c5c(C)cc(C)cc5C)(P13)C24C(C)(C)CC. The molecule has 4 fully saturated rings. The lowest BCUT2D eigenvalue weighted by Crippen LogP contribution is -2.36. The highest BCUT2D eigenvalue weighted by molar-refractivity contribution is 8.41. The van der Waals surface area contributed by atoms with Crippen LogP contribution in [0.2, 0.25) is 0 Å². The van der Waals surface area contributed by atoms with Gasteiger partial charge in [-0.15, -0.1) is 0 Å². The molecule has 0 N–H and O–H groups in total. The Labute approximate surface area is 231 Å². The molecule has 5 heterocycles. The van der Waals surface area contributed by atoms with Crippen molar-refractivity contribution < 1.29 is 4.52 Å². The quantitative estimate of drug-likeness (QED) is 0.315. The first-order valence-electron chi connectivity index (χ1n) is 14.1. The van der Waals surface area contributed by atoms with E-state index in [0.717, 1.165) is 0 Å². The van der Waals surface area contributed by atoms with Crippen LogP contribution < -0.4 is 0 Å². The summed E-state index contributed by atoms with van der Waals surface area (Å²) in [6.07, 6.45) is 2.44. The van der Waals surface area contributed by atoms with Gasteiger partial charge in [0.2, 0.25) is 0 Å². The summed E-state index contributed by atoms with van der Waals surface area (Å²) in [6.45, 7) is 29.3. The Morgan fingerprint density at radius 2 is 1.24 bits per heavy atom. The van der Waals surface area contributed by atoms with E-state index in [1.165, 1.54) is 46.2 Å². The molecular weight excluding hydrogens is 524 g/mol. The molecule has 5 heteroatoms. The van der Waals surface area contributed by atoms with Crippen molar-refractivity contribution in [2.24, 2.45) is 10.8 Å². The van der Waals surface area contributed by atoms with Crippen LogP contribution in [0.1, 0.15) is 98.9 Å². The third-order valence-electron chi connectivity index (χ3n) is 10.2. The maximum absolute atomic E-state index is 7.83. The third-order valence-corrected chi connectivity index (χ3v) is 29.3. The van der Waals surface area contributed by atoms with Gasteiger partial charge in [0, 0.05) is 7.61 Å². The molecular formula is C32H44OP4. The maximum atomic E-state index is 7.83. The molecule has 1 nitrogen and oxygen atoms in total. The average Bonchev–Trinajstić information content (AvgIpc) is 3.06. The van der Waals surface area contributed by atoms with Crippen LogP contribution in [-0.2, 0) is 14.5 Å². The van der Waals surface area contributed by atoms with Crippen LogP contribution in [-0.4, -0.2) is 9.93 Å². The van der Waals surface area contributed by atoms with E-state index < -0.39 is 16.1 Å². The molecule has 7 rings (SSSR count). The maximum Gasteiger partial charge on any atom is 0.149 e. The van der Waals surface area contributed by atoms with Gasteiger partial charge < -0.3 is 4.52 Å². The predicted molar refractivity (Wildman–Crippen MR) is 169 cm³/mol. The first-order valence-corrected chi connectivity index (χ1v) is 19.6. The van der Waals surface area contributed by atoms with Crippen molar-refractivity contribution in [3.05, 3.63) is 68.8 Å². The van der Waals surface area contributed by atoms with Crippen molar-refractivity contribution in [2.75, 3.05) is 0 Å². The first kappa shape index (κ1) is 27.1. The highest BCUT2D eigenvalue weighted by Crippen LogP contribution is 3.29. The van der Waals surface area contributed by atoms with E-state index in [-0.39, 0.29) is 28.4 Å². The van der Waals surface area contributed by atoms with Crippen molar-refractivity contribution in [1.29, 1.82) is 0 Å². The zero-order valence-electron chi connectivity index (χ0n) is 24.9. The molecule has 4 saturated heterocycles. The molecule has 0 spiro atoms. The normalized spacial score (nSPS) is 35.8. The molecule has 6 bridgehead atoms. The summed E-state index contributed by atoms with van der Waals surface area (Å²) in [4.78, 5) is 0.552. The molecule has 0 saturated carbocycles. The van der Waals surface area contributed by atoms with E-state index in [9.17, 15) is 0 Å². The van der Waals surface area contributed by atoms with Crippen LogP contribution in [0, 0.1) is 52.4 Å². The molecule has 6 atom stereocenters. The summed E-state index contributed by atoms with van der Waals surface area (Å²) in [6, 6.07) is 9.82. The fraction of sp³-hybridized carbons (Fsp3) is 0.594. The highest BCUT2D eigenvalue weighted by atomic mass is 32.0. The molecule has 6 unspecified atom stereocenters. The number of hydrogen-bond acceptors (Lipinski definition) is 1. The summed E-state index contributed by atoms with van der Waals surface area (Å²) in [5.74, 6) is 0. The third kappa shape index (κ3) is 2.81. The van der Waals surface area contributed by atoms with Crippen LogP contribution in [0.5, 0.6) is 0 Å². The zero-order chi connectivity index (χ0) is 27.1. The smallest absolute Gasteiger partial charge is 0.149 e. The Bertz CT molecular complexity index is 1340. The topological polar surface area (TPSA) is 9.23 Å². The van der Waals surface area contributed by atoms with Gasteiger partial charge in [-0.05, 0) is 112 Å². The van der Waals surface area contributed by atoms with Crippen molar-refractivity contribution in [2.45, 2.75) is 111 Å². The Morgan fingerprint density at radius 1 is 0.757 bits per heavy atom. The van der Waals surface area contributed by atoms with Crippen molar-refractivity contribution in [3.8, 4) is 0 Å². The van der Waals surface area contributed by atoms with Crippen molar-refractivity contribution in [3.63, 3.8) is 0 Å². The number of hydrogen-bond donors (Lipinski definition) is 0. The lowest BCUT2D eigenvalue weighted by molar-refractivity contribution is 0.300. The minimum atomic E-state index is -0.536. The van der Waals surface area contributed by atoms with E-state index in [1.807, 2.05) is 5.03 Å². The van der Waals surface area contributed by atoms with E-state index in [0.29, 0.717) is 4.90 Å². The zero-order valence-corrected chi connectivity index (χ0v) is 28.5.